The molecule has 1 aromatic heterocycles. The van der Waals surface area contributed by atoms with Crippen LogP contribution >= 0.6 is 12.4 Å². The fourth-order valence-electron chi connectivity index (χ4n) is 1.86. The zero-order chi connectivity index (χ0) is 11.9. The van der Waals surface area contributed by atoms with E-state index in [0.29, 0.717) is 11.5 Å². The van der Waals surface area contributed by atoms with Gasteiger partial charge in [0.2, 0.25) is 5.89 Å². The summed E-state index contributed by atoms with van der Waals surface area (Å²) in [7, 11) is 0. The number of hydrogen-bond donors (Lipinski definition) is 1. The average Bonchev–Trinajstić information content (AvgIpc) is 2.76. The van der Waals surface area contributed by atoms with Crippen LogP contribution in [-0.4, -0.2) is 23.3 Å². The van der Waals surface area contributed by atoms with Crippen LogP contribution in [0.4, 0.5) is 4.39 Å². The summed E-state index contributed by atoms with van der Waals surface area (Å²) in [5.74, 6) is 0.459. The Morgan fingerprint density at radius 1 is 1.28 bits per heavy atom. The number of halogens is 2. The van der Waals surface area contributed by atoms with Crippen LogP contribution in [0.5, 0.6) is 0 Å². The first kappa shape index (κ1) is 13.0. The number of aromatic nitrogens is 2. The quantitative estimate of drug-likeness (QED) is 0.908. The van der Waals surface area contributed by atoms with Gasteiger partial charge in [0.15, 0.2) is 0 Å². The number of hydrogen-bond acceptors (Lipinski definition) is 4. The molecular weight excluding hydrogens is 257 g/mol. The van der Waals surface area contributed by atoms with Gasteiger partial charge in [-0.05, 0) is 19.1 Å². The Hall–Kier alpha value is -1.46. The molecule has 1 saturated heterocycles. The SMILES string of the molecule is CC1(c2nnc(-c3ccccc3F)o2)CNC1.Cl. The highest BCUT2D eigenvalue weighted by Gasteiger charge is 2.39. The van der Waals surface area contributed by atoms with Crippen LogP contribution in [0.25, 0.3) is 11.5 Å². The molecule has 0 unspecified atom stereocenters. The maximum absolute atomic E-state index is 13.5. The van der Waals surface area contributed by atoms with Gasteiger partial charge in [-0.15, -0.1) is 22.6 Å². The normalized spacial score (nSPS) is 16.8. The van der Waals surface area contributed by atoms with Crippen LogP contribution in [0.15, 0.2) is 28.7 Å². The van der Waals surface area contributed by atoms with Crippen LogP contribution in [-0.2, 0) is 5.41 Å². The van der Waals surface area contributed by atoms with Gasteiger partial charge < -0.3 is 9.73 Å². The molecule has 0 radical (unpaired) electrons. The molecule has 1 N–H and O–H groups in total. The predicted octanol–water partition coefficient (Wildman–Crippen LogP) is 2.16. The highest BCUT2D eigenvalue weighted by molar-refractivity contribution is 5.85. The van der Waals surface area contributed by atoms with E-state index in [2.05, 4.69) is 15.5 Å². The van der Waals surface area contributed by atoms with Crippen molar-refractivity contribution in [3.05, 3.63) is 36.0 Å². The van der Waals surface area contributed by atoms with Crippen molar-refractivity contribution in [2.45, 2.75) is 12.3 Å². The third-order valence-corrected chi connectivity index (χ3v) is 3.08. The van der Waals surface area contributed by atoms with E-state index in [1.54, 1.807) is 18.2 Å². The number of rotatable bonds is 2. The largest absolute Gasteiger partial charge is 0.420 e. The Kier molecular flexibility index (Phi) is 3.36. The van der Waals surface area contributed by atoms with E-state index < -0.39 is 0 Å². The van der Waals surface area contributed by atoms with Crippen molar-refractivity contribution in [3.63, 3.8) is 0 Å². The third-order valence-electron chi connectivity index (χ3n) is 3.08. The molecule has 6 heteroatoms. The van der Waals surface area contributed by atoms with Crippen molar-refractivity contribution in [3.8, 4) is 11.5 Å². The summed E-state index contributed by atoms with van der Waals surface area (Å²) in [5.41, 5.74) is 0.235. The first-order valence-corrected chi connectivity index (χ1v) is 5.49. The van der Waals surface area contributed by atoms with Crippen LogP contribution in [0.1, 0.15) is 12.8 Å². The summed E-state index contributed by atoms with van der Waals surface area (Å²) in [6.45, 7) is 3.67. The zero-order valence-corrected chi connectivity index (χ0v) is 10.6. The first-order valence-electron chi connectivity index (χ1n) is 5.49. The van der Waals surface area contributed by atoms with E-state index in [1.807, 2.05) is 6.92 Å². The molecule has 0 amide bonds. The Balaban J connectivity index is 0.00000120. The fourth-order valence-corrected chi connectivity index (χ4v) is 1.86. The third kappa shape index (κ3) is 2.00. The maximum Gasteiger partial charge on any atom is 0.250 e. The van der Waals surface area contributed by atoms with Gasteiger partial charge in [0.25, 0.3) is 5.89 Å². The van der Waals surface area contributed by atoms with Crippen molar-refractivity contribution in [2.75, 3.05) is 13.1 Å². The summed E-state index contributed by atoms with van der Waals surface area (Å²) in [5, 5.41) is 11.1. The highest BCUT2D eigenvalue weighted by Crippen LogP contribution is 2.29. The van der Waals surface area contributed by atoms with Crippen molar-refractivity contribution in [1.29, 1.82) is 0 Å². The molecule has 96 valence electrons. The van der Waals surface area contributed by atoms with Crippen molar-refractivity contribution < 1.29 is 8.81 Å². The first-order chi connectivity index (χ1) is 8.19. The molecule has 0 spiro atoms. The number of nitrogens with zero attached hydrogens (tertiary/aromatic N) is 2. The monoisotopic (exact) mass is 269 g/mol. The highest BCUT2D eigenvalue weighted by atomic mass is 35.5. The Morgan fingerprint density at radius 3 is 2.61 bits per heavy atom. The summed E-state index contributed by atoms with van der Waals surface area (Å²) >= 11 is 0. The van der Waals surface area contributed by atoms with Crippen molar-refractivity contribution in [1.82, 2.24) is 15.5 Å². The maximum atomic E-state index is 13.5. The Morgan fingerprint density at radius 2 is 2.00 bits per heavy atom. The molecule has 2 aromatic rings. The molecule has 0 saturated carbocycles. The van der Waals surface area contributed by atoms with E-state index in [1.165, 1.54) is 6.07 Å². The molecule has 0 aliphatic carbocycles. The van der Waals surface area contributed by atoms with Gasteiger partial charge >= 0.3 is 0 Å². The van der Waals surface area contributed by atoms with Gasteiger partial charge in [0, 0.05) is 13.1 Å². The van der Waals surface area contributed by atoms with Crippen molar-refractivity contribution >= 4 is 12.4 Å². The van der Waals surface area contributed by atoms with Crippen molar-refractivity contribution in [2.24, 2.45) is 0 Å². The average molecular weight is 270 g/mol. The minimum absolute atomic E-state index is 0. The van der Waals surface area contributed by atoms with Crippen LogP contribution in [0, 0.1) is 5.82 Å². The molecule has 1 aromatic carbocycles. The molecule has 3 rings (SSSR count). The van der Waals surface area contributed by atoms with E-state index in [9.17, 15) is 4.39 Å². The molecule has 1 fully saturated rings. The molecular formula is C12H13ClFN3O. The molecule has 0 atom stereocenters. The second-order valence-electron chi connectivity index (χ2n) is 4.56. The van der Waals surface area contributed by atoms with Gasteiger partial charge in [0.05, 0.1) is 11.0 Å². The smallest absolute Gasteiger partial charge is 0.250 e. The number of benzene rings is 1. The van der Waals surface area contributed by atoms with Gasteiger partial charge in [-0.1, -0.05) is 12.1 Å². The van der Waals surface area contributed by atoms with E-state index in [4.69, 9.17) is 4.42 Å². The minimum Gasteiger partial charge on any atom is -0.420 e. The zero-order valence-electron chi connectivity index (χ0n) is 9.81. The summed E-state index contributed by atoms with van der Waals surface area (Å²) < 4.78 is 19.1. The van der Waals surface area contributed by atoms with Crippen LogP contribution in [0.2, 0.25) is 0 Å². The van der Waals surface area contributed by atoms with Gasteiger partial charge in [-0.25, -0.2) is 4.39 Å². The molecule has 0 bridgehead atoms. The predicted molar refractivity (Wildman–Crippen MR) is 67.2 cm³/mol. The standard InChI is InChI=1S/C12H12FN3O.ClH/c1-12(6-14-7-12)11-16-15-10(17-11)8-4-2-3-5-9(8)13;/h2-5,14H,6-7H2,1H3;1H. The summed E-state index contributed by atoms with van der Waals surface area (Å²) in [6.07, 6.45) is 0. The van der Waals surface area contributed by atoms with Crippen LogP contribution < -0.4 is 5.32 Å². The lowest BCUT2D eigenvalue weighted by atomic mass is 9.84. The lowest BCUT2D eigenvalue weighted by molar-refractivity contribution is 0.244. The molecule has 1 aliphatic rings. The Bertz CT molecular complexity index is 554. The second-order valence-corrected chi connectivity index (χ2v) is 4.56. The second kappa shape index (κ2) is 4.66. The molecule has 1 aliphatic heterocycles. The van der Waals surface area contributed by atoms with Gasteiger partial charge in [0.1, 0.15) is 5.82 Å². The fraction of sp³-hybridized carbons (Fsp3) is 0.333. The molecule has 18 heavy (non-hydrogen) atoms. The lowest BCUT2D eigenvalue weighted by Crippen LogP contribution is -2.54. The van der Waals surface area contributed by atoms with E-state index in [0.717, 1.165) is 13.1 Å². The van der Waals surface area contributed by atoms with Crippen LogP contribution in [0.3, 0.4) is 0 Å². The number of nitrogens with one attached hydrogen (secondary N) is 1. The minimum atomic E-state index is -0.348. The Labute approximate surface area is 110 Å². The molecule has 2 heterocycles. The molecule has 4 nitrogen and oxygen atoms in total. The summed E-state index contributed by atoms with van der Waals surface area (Å²) in [6, 6.07) is 6.39. The van der Waals surface area contributed by atoms with E-state index >= 15 is 0 Å². The topological polar surface area (TPSA) is 51.0 Å². The lowest BCUT2D eigenvalue weighted by Gasteiger charge is -2.35. The summed E-state index contributed by atoms with van der Waals surface area (Å²) in [4.78, 5) is 0. The van der Waals surface area contributed by atoms with E-state index in [-0.39, 0.29) is 29.5 Å². The van der Waals surface area contributed by atoms with Gasteiger partial charge in [-0.3, -0.25) is 0 Å². The van der Waals surface area contributed by atoms with Gasteiger partial charge in [-0.2, -0.15) is 0 Å².